The lowest BCUT2D eigenvalue weighted by Crippen LogP contribution is -2.08. The van der Waals surface area contributed by atoms with Gasteiger partial charge in [-0.3, -0.25) is 0 Å². The lowest BCUT2D eigenvalue weighted by Gasteiger charge is -2.15. The molecule has 0 N–H and O–H groups in total. The van der Waals surface area contributed by atoms with Gasteiger partial charge in [0.05, 0.1) is 18.9 Å². The topological polar surface area (TPSA) is 74.3 Å². The Hall–Kier alpha value is -3.22. The molecule has 0 saturated heterocycles. The van der Waals surface area contributed by atoms with E-state index in [9.17, 15) is 4.79 Å². The number of rotatable bonds is 4. The summed E-state index contributed by atoms with van der Waals surface area (Å²) in [6.07, 6.45) is 4.82. The fraction of sp³-hybridized carbons (Fsp3) is 0.222. The summed E-state index contributed by atoms with van der Waals surface area (Å²) in [6, 6.07) is 7.67. The van der Waals surface area contributed by atoms with Crippen LogP contribution < -0.4 is 0 Å². The van der Waals surface area contributed by atoms with Crippen LogP contribution in [0.2, 0.25) is 0 Å². The summed E-state index contributed by atoms with van der Waals surface area (Å²) in [7, 11) is 1.39. The van der Waals surface area contributed by atoms with E-state index >= 15 is 0 Å². The lowest BCUT2D eigenvalue weighted by atomic mass is 10.1. The second-order valence-electron chi connectivity index (χ2n) is 5.69. The smallest absolute Gasteiger partial charge is 0.338 e. The number of carbonyl (C=O) groups excluding carboxylic acids is 1. The standard InChI is InChI=1S/C18H19N5O2/c1-12-8-15(9-21-22-10-19-20-11-22)14(3)23(12)17-7-5-6-16(13(17)2)18(24)25-4/h5-11H,1-4H3. The minimum Gasteiger partial charge on any atom is -0.465 e. The number of benzene rings is 1. The first-order valence-electron chi connectivity index (χ1n) is 7.79. The Bertz CT molecular complexity index is 939. The van der Waals surface area contributed by atoms with E-state index in [1.807, 2.05) is 39.0 Å². The molecule has 3 rings (SSSR count). The lowest BCUT2D eigenvalue weighted by molar-refractivity contribution is 0.0600. The number of esters is 1. The van der Waals surface area contributed by atoms with Gasteiger partial charge in [0.1, 0.15) is 12.7 Å². The third-order valence-corrected chi connectivity index (χ3v) is 4.16. The number of hydrogen-bond donors (Lipinski definition) is 0. The molecular weight excluding hydrogens is 318 g/mol. The van der Waals surface area contributed by atoms with Gasteiger partial charge in [0, 0.05) is 22.6 Å². The molecule has 0 unspecified atom stereocenters. The van der Waals surface area contributed by atoms with Crippen molar-refractivity contribution in [2.45, 2.75) is 20.8 Å². The average molecular weight is 337 g/mol. The van der Waals surface area contributed by atoms with Gasteiger partial charge in [-0.05, 0) is 44.5 Å². The molecule has 128 valence electrons. The number of carbonyl (C=O) groups is 1. The van der Waals surface area contributed by atoms with Crippen LogP contribution >= 0.6 is 0 Å². The molecule has 25 heavy (non-hydrogen) atoms. The first-order chi connectivity index (χ1) is 12.0. The maximum Gasteiger partial charge on any atom is 0.338 e. The number of aromatic nitrogens is 4. The molecule has 7 nitrogen and oxygen atoms in total. The fourth-order valence-corrected chi connectivity index (χ4v) is 2.87. The highest BCUT2D eigenvalue weighted by molar-refractivity contribution is 5.92. The van der Waals surface area contributed by atoms with Crippen LogP contribution in [-0.2, 0) is 4.74 Å². The van der Waals surface area contributed by atoms with Crippen molar-refractivity contribution in [3.8, 4) is 5.69 Å². The maximum atomic E-state index is 12.0. The monoisotopic (exact) mass is 337 g/mol. The molecule has 0 fully saturated rings. The molecular formula is C18H19N5O2. The van der Waals surface area contributed by atoms with Crippen LogP contribution in [-0.4, -0.2) is 38.7 Å². The average Bonchev–Trinajstić information content (AvgIpc) is 3.21. The third kappa shape index (κ3) is 3.08. The molecule has 1 aromatic carbocycles. The fourth-order valence-electron chi connectivity index (χ4n) is 2.87. The second-order valence-corrected chi connectivity index (χ2v) is 5.69. The molecule has 2 aromatic heterocycles. The minimum atomic E-state index is -0.337. The van der Waals surface area contributed by atoms with Crippen LogP contribution in [0.4, 0.5) is 0 Å². The highest BCUT2D eigenvalue weighted by atomic mass is 16.5. The second kappa shape index (κ2) is 6.72. The van der Waals surface area contributed by atoms with Gasteiger partial charge in [-0.25, -0.2) is 9.47 Å². The highest BCUT2D eigenvalue weighted by Crippen LogP contribution is 2.25. The summed E-state index contributed by atoms with van der Waals surface area (Å²) in [4.78, 5) is 12.0. The molecule has 3 aromatic rings. The van der Waals surface area contributed by atoms with Gasteiger partial charge in [0.25, 0.3) is 0 Å². The van der Waals surface area contributed by atoms with E-state index in [2.05, 4.69) is 19.9 Å². The van der Waals surface area contributed by atoms with E-state index in [0.717, 1.165) is 28.2 Å². The largest absolute Gasteiger partial charge is 0.465 e. The van der Waals surface area contributed by atoms with Crippen molar-refractivity contribution >= 4 is 12.2 Å². The van der Waals surface area contributed by atoms with Crippen molar-refractivity contribution in [1.29, 1.82) is 0 Å². The predicted octanol–water partition coefficient (Wildman–Crippen LogP) is 2.66. The zero-order chi connectivity index (χ0) is 18.0. The Labute approximate surface area is 145 Å². The van der Waals surface area contributed by atoms with E-state index in [1.54, 1.807) is 12.3 Å². The number of nitrogens with zero attached hydrogens (tertiary/aromatic N) is 5. The Morgan fingerprint density at radius 3 is 2.60 bits per heavy atom. The third-order valence-electron chi connectivity index (χ3n) is 4.16. The van der Waals surface area contributed by atoms with E-state index in [0.29, 0.717) is 5.56 Å². The quantitative estimate of drug-likeness (QED) is 0.542. The van der Waals surface area contributed by atoms with Crippen molar-refractivity contribution in [1.82, 2.24) is 19.4 Å². The Balaban J connectivity index is 2.06. The first kappa shape index (κ1) is 16.6. The molecule has 0 aliphatic carbocycles. The van der Waals surface area contributed by atoms with Crippen molar-refractivity contribution in [2.75, 3.05) is 7.11 Å². The van der Waals surface area contributed by atoms with E-state index in [-0.39, 0.29) is 5.97 Å². The molecule has 2 heterocycles. The zero-order valence-corrected chi connectivity index (χ0v) is 14.6. The Kier molecular flexibility index (Phi) is 4.47. The molecule has 7 heteroatoms. The summed E-state index contributed by atoms with van der Waals surface area (Å²) in [5.74, 6) is -0.337. The Morgan fingerprint density at radius 1 is 1.20 bits per heavy atom. The molecule has 0 spiro atoms. The molecule has 0 aliphatic heterocycles. The van der Waals surface area contributed by atoms with Gasteiger partial charge in [0.2, 0.25) is 0 Å². The zero-order valence-electron chi connectivity index (χ0n) is 14.6. The molecule has 0 aliphatic rings. The van der Waals surface area contributed by atoms with Crippen LogP contribution in [0, 0.1) is 20.8 Å². The maximum absolute atomic E-state index is 12.0. The SMILES string of the molecule is COC(=O)c1cccc(-n2c(C)cc(C=Nn3cnnc3)c2C)c1C. The van der Waals surface area contributed by atoms with Crippen molar-refractivity contribution < 1.29 is 9.53 Å². The van der Waals surface area contributed by atoms with Gasteiger partial charge in [-0.1, -0.05) is 6.07 Å². The Morgan fingerprint density at radius 2 is 1.92 bits per heavy atom. The summed E-state index contributed by atoms with van der Waals surface area (Å²) < 4.78 is 8.51. The van der Waals surface area contributed by atoms with Crippen LogP contribution in [0.25, 0.3) is 5.69 Å². The molecule has 0 radical (unpaired) electrons. The molecule has 0 saturated carbocycles. The molecule has 0 bridgehead atoms. The van der Waals surface area contributed by atoms with Crippen molar-refractivity contribution in [3.05, 3.63) is 65.0 Å². The van der Waals surface area contributed by atoms with Crippen molar-refractivity contribution in [2.24, 2.45) is 5.10 Å². The highest BCUT2D eigenvalue weighted by Gasteiger charge is 2.16. The summed E-state index contributed by atoms with van der Waals surface area (Å²) in [5, 5.41) is 11.8. The number of ether oxygens (including phenoxy) is 1. The van der Waals surface area contributed by atoms with E-state index in [4.69, 9.17) is 4.74 Å². The molecule has 0 atom stereocenters. The summed E-state index contributed by atoms with van der Waals surface area (Å²) in [5.41, 5.74) is 5.44. The van der Waals surface area contributed by atoms with Crippen LogP contribution in [0.5, 0.6) is 0 Å². The summed E-state index contributed by atoms with van der Waals surface area (Å²) in [6.45, 7) is 5.96. The first-order valence-corrected chi connectivity index (χ1v) is 7.79. The molecule has 0 amide bonds. The van der Waals surface area contributed by atoms with Gasteiger partial charge < -0.3 is 9.30 Å². The van der Waals surface area contributed by atoms with Crippen molar-refractivity contribution in [3.63, 3.8) is 0 Å². The van der Waals surface area contributed by atoms with Gasteiger partial charge in [0.15, 0.2) is 0 Å². The number of aryl methyl sites for hydroxylation is 1. The van der Waals surface area contributed by atoms with E-state index < -0.39 is 0 Å². The van der Waals surface area contributed by atoms with E-state index in [1.165, 1.54) is 24.4 Å². The number of methoxy groups -OCH3 is 1. The van der Waals surface area contributed by atoms with Crippen LogP contribution in [0.15, 0.2) is 42.0 Å². The van der Waals surface area contributed by atoms with Gasteiger partial charge >= 0.3 is 5.97 Å². The van der Waals surface area contributed by atoms with Crippen LogP contribution in [0.3, 0.4) is 0 Å². The summed E-state index contributed by atoms with van der Waals surface area (Å²) >= 11 is 0. The van der Waals surface area contributed by atoms with Gasteiger partial charge in [-0.15, -0.1) is 10.2 Å². The number of hydrogen-bond acceptors (Lipinski definition) is 5. The van der Waals surface area contributed by atoms with Crippen LogP contribution in [0.1, 0.15) is 32.9 Å². The minimum absolute atomic E-state index is 0.337. The van der Waals surface area contributed by atoms with Gasteiger partial charge in [-0.2, -0.15) is 5.10 Å². The predicted molar refractivity (Wildman–Crippen MR) is 94.3 cm³/mol. The normalized spacial score (nSPS) is 11.2.